The Balaban J connectivity index is 2.43. The van der Waals surface area contributed by atoms with Crippen LogP contribution in [-0.2, 0) is 0 Å². The molecule has 0 saturated carbocycles. The number of benzene rings is 1. The van der Waals surface area contributed by atoms with Crippen LogP contribution in [0.2, 0.25) is 5.02 Å². The highest BCUT2D eigenvalue weighted by atomic mass is 35.5. The summed E-state index contributed by atoms with van der Waals surface area (Å²) in [7, 11) is 0. The van der Waals surface area contributed by atoms with Crippen LogP contribution < -0.4 is 4.90 Å². The van der Waals surface area contributed by atoms with Crippen LogP contribution >= 0.6 is 11.6 Å². The van der Waals surface area contributed by atoms with Gasteiger partial charge in [-0.1, -0.05) is 24.6 Å². The molecule has 1 aromatic rings. The van der Waals surface area contributed by atoms with Crippen molar-refractivity contribution in [2.24, 2.45) is 5.92 Å². The van der Waals surface area contributed by atoms with Gasteiger partial charge in [-0.05, 0) is 37.8 Å². The van der Waals surface area contributed by atoms with Crippen molar-refractivity contribution in [1.82, 2.24) is 0 Å². The molecule has 0 aromatic heterocycles. The first-order valence-electron chi connectivity index (χ1n) is 6.20. The molecule has 1 aliphatic rings. The van der Waals surface area contributed by atoms with E-state index in [1.54, 1.807) is 18.2 Å². The topological polar surface area (TPSA) is 46.4 Å². The van der Waals surface area contributed by atoms with Gasteiger partial charge in [-0.2, -0.15) is 0 Å². The predicted octanol–water partition coefficient (Wildman–Crippen LogP) is 3.87. The minimum atomic E-state index is -0.385. The average Bonchev–Trinajstić information content (AvgIpc) is 2.31. The fourth-order valence-corrected chi connectivity index (χ4v) is 2.78. The third-order valence-corrected chi connectivity index (χ3v) is 3.88. The van der Waals surface area contributed by atoms with Gasteiger partial charge in [-0.3, -0.25) is 10.1 Å². The number of hydrogen-bond acceptors (Lipinski definition) is 3. The summed E-state index contributed by atoms with van der Waals surface area (Å²) in [4.78, 5) is 12.9. The highest BCUT2D eigenvalue weighted by molar-refractivity contribution is 6.33. The molecular formula is C13H17ClN2O2. The number of anilines is 1. The molecule has 4 nitrogen and oxygen atoms in total. The van der Waals surface area contributed by atoms with Crippen LogP contribution in [-0.4, -0.2) is 17.5 Å². The summed E-state index contributed by atoms with van der Waals surface area (Å²) >= 11 is 5.96. The van der Waals surface area contributed by atoms with E-state index in [1.165, 1.54) is 6.42 Å². The lowest BCUT2D eigenvalue weighted by Gasteiger charge is -2.38. The Kier molecular flexibility index (Phi) is 3.76. The second-order valence-electron chi connectivity index (χ2n) is 5.05. The lowest BCUT2D eigenvalue weighted by molar-refractivity contribution is -0.384. The van der Waals surface area contributed by atoms with E-state index in [4.69, 9.17) is 11.6 Å². The molecule has 1 fully saturated rings. The van der Waals surface area contributed by atoms with Gasteiger partial charge < -0.3 is 4.90 Å². The third kappa shape index (κ3) is 2.43. The molecule has 2 atom stereocenters. The smallest absolute Gasteiger partial charge is 0.310 e. The van der Waals surface area contributed by atoms with Gasteiger partial charge >= 0.3 is 5.69 Å². The molecule has 1 heterocycles. The Labute approximate surface area is 112 Å². The van der Waals surface area contributed by atoms with Crippen LogP contribution in [0.15, 0.2) is 18.2 Å². The van der Waals surface area contributed by atoms with Gasteiger partial charge in [-0.15, -0.1) is 0 Å². The predicted molar refractivity (Wildman–Crippen MR) is 73.3 cm³/mol. The van der Waals surface area contributed by atoms with E-state index in [0.717, 1.165) is 13.0 Å². The molecule has 0 aliphatic carbocycles. The molecule has 5 heteroatoms. The monoisotopic (exact) mass is 268 g/mol. The number of hydrogen-bond donors (Lipinski definition) is 0. The van der Waals surface area contributed by atoms with Crippen molar-refractivity contribution in [3.63, 3.8) is 0 Å². The first-order chi connectivity index (χ1) is 8.50. The van der Waals surface area contributed by atoms with Crippen molar-refractivity contribution in [3.05, 3.63) is 33.3 Å². The van der Waals surface area contributed by atoms with E-state index in [1.807, 2.05) is 0 Å². The zero-order valence-corrected chi connectivity index (χ0v) is 11.4. The number of piperidine rings is 1. The molecule has 0 N–H and O–H groups in total. The maximum atomic E-state index is 11.2. The molecule has 2 unspecified atom stereocenters. The Morgan fingerprint density at radius 2 is 2.11 bits per heavy atom. The number of halogens is 1. The van der Waals surface area contributed by atoms with Gasteiger partial charge in [0.15, 0.2) is 0 Å². The van der Waals surface area contributed by atoms with E-state index >= 15 is 0 Å². The second kappa shape index (κ2) is 5.14. The van der Waals surface area contributed by atoms with Crippen molar-refractivity contribution in [1.29, 1.82) is 0 Å². The Bertz CT molecular complexity index is 464. The molecule has 1 aromatic carbocycles. The molecule has 18 heavy (non-hydrogen) atoms. The van der Waals surface area contributed by atoms with Gasteiger partial charge in [-0.25, -0.2) is 0 Å². The minimum absolute atomic E-state index is 0.0279. The molecule has 0 amide bonds. The first-order valence-corrected chi connectivity index (χ1v) is 6.58. The van der Waals surface area contributed by atoms with E-state index in [9.17, 15) is 10.1 Å². The lowest BCUT2D eigenvalue weighted by atomic mass is 9.94. The summed E-state index contributed by atoms with van der Waals surface area (Å²) in [6, 6.07) is 5.45. The molecule has 1 saturated heterocycles. The summed E-state index contributed by atoms with van der Waals surface area (Å²) < 4.78 is 0. The van der Waals surface area contributed by atoms with Gasteiger partial charge in [0.2, 0.25) is 0 Å². The second-order valence-corrected chi connectivity index (χ2v) is 5.46. The molecule has 0 spiro atoms. The summed E-state index contributed by atoms with van der Waals surface area (Å²) in [5.41, 5.74) is 0.673. The van der Waals surface area contributed by atoms with Gasteiger partial charge in [0.05, 0.1) is 4.92 Å². The normalized spacial score (nSPS) is 24.1. The first kappa shape index (κ1) is 13.1. The van der Waals surface area contributed by atoms with Crippen molar-refractivity contribution in [3.8, 4) is 0 Å². The van der Waals surface area contributed by atoms with Crippen LogP contribution in [0.1, 0.15) is 26.7 Å². The maximum absolute atomic E-state index is 11.2. The fraction of sp³-hybridized carbons (Fsp3) is 0.538. The average molecular weight is 269 g/mol. The maximum Gasteiger partial charge on any atom is 0.310 e. The molecular weight excluding hydrogens is 252 g/mol. The highest BCUT2D eigenvalue weighted by Crippen LogP contribution is 2.38. The molecule has 98 valence electrons. The lowest BCUT2D eigenvalue weighted by Crippen LogP contribution is -2.41. The number of nitro benzene ring substituents is 1. The third-order valence-electron chi connectivity index (χ3n) is 3.58. The Morgan fingerprint density at radius 1 is 1.39 bits per heavy atom. The summed E-state index contributed by atoms with van der Waals surface area (Å²) in [5, 5.41) is 11.4. The van der Waals surface area contributed by atoms with Crippen molar-refractivity contribution in [2.75, 3.05) is 11.4 Å². The van der Waals surface area contributed by atoms with E-state index in [2.05, 4.69) is 18.7 Å². The van der Waals surface area contributed by atoms with Gasteiger partial charge in [0.25, 0.3) is 0 Å². The van der Waals surface area contributed by atoms with Gasteiger partial charge in [0.1, 0.15) is 10.7 Å². The van der Waals surface area contributed by atoms with Crippen molar-refractivity contribution in [2.45, 2.75) is 32.7 Å². The molecule has 0 radical (unpaired) electrons. The highest BCUT2D eigenvalue weighted by Gasteiger charge is 2.29. The summed E-state index contributed by atoms with van der Waals surface area (Å²) in [5.74, 6) is 0.555. The van der Waals surface area contributed by atoms with Crippen LogP contribution in [0, 0.1) is 16.0 Å². The van der Waals surface area contributed by atoms with E-state index < -0.39 is 0 Å². The zero-order chi connectivity index (χ0) is 13.3. The molecule has 0 bridgehead atoms. The molecule has 2 rings (SSSR count). The SMILES string of the molecule is CC1CCC(C)N(c2cccc(Cl)c2[N+](=O)[O-])C1. The van der Waals surface area contributed by atoms with E-state index in [0.29, 0.717) is 17.6 Å². The number of para-hydroxylation sites is 1. The number of nitrogens with zero attached hydrogens (tertiary/aromatic N) is 2. The fourth-order valence-electron chi connectivity index (χ4n) is 2.54. The Morgan fingerprint density at radius 3 is 2.78 bits per heavy atom. The zero-order valence-electron chi connectivity index (χ0n) is 10.6. The van der Waals surface area contributed by atoms with Crippen LogP contribution in [0.25, 0.3) is 0 Å². The van der Waals surface area contributed by atoms with Crippen LogP contribution in [0.4, 0.5) is 11.4 Å². The summed E-state index contributed by atoms with van der Waals surface area (Å²) in [6.07, 6.45) is 2.23. The Hall–Kier alpha value is -1.29. The van der Waals surface area contributed by atoms with Crippen LogP contribution in [0.3, 0.4) is 0 Å². The van der Waals surface area contributed by atoms with Crippen molar-refractivity contribution < 1.29 is 4.92 Å². The quantitative estimate of drug-likeness (QED) is 0.604. The van der Waals surface area contributed by atoms with Crippen molar-refractivity contribution >= 4 is 23.0 Å². The largest absolute Gasteiger partial charge is 0.363 e. The number of nitro groups is 1. The minimum Gasteiger partial charge on any atom is -0.363 e. The number of rotatable bonds is 2. The standard InChI is InChI=1S/C13H17ClN2O2/c1-9-6-7-10(2)15(8-9)12-5-3-4-11(14)13(12)16(17)18/h3-5,9-10H,6-8H2,1-2H3. The van der Waals surface area contributed by atoms with Crippen LogP contribution in [0.5, 0.6) is 0 Å². The van der Waals surface area contributed by atoms with Gasteiger partial charge in [0, 0.05) is 12.6 Å². The molecule has 1 aliphatic heterocycles. The summed E-state index contributed by atoms with van der Waals surface area (Å²) in [6.45, 7) is 5.13. The van der Waals surface area contributed by atoms with E-state index in [-0.39, 0.29) is 15.6 Å².